The molecular weight excluding hydrogens is 394 g/mol. The zero-order valence-corrected chi connectivity index (χ0v) is 18.7. The predicted molar refractivity (Wildman–Crippen MR) is 130 cm³/mol. The molecule has 4 rings (SSSR count). The average Bonchev–Trinajstić information content (AvgIpc) is 3.23. The summed E-state index contributed by atoms with van der Waals surface area (Å²) in [6.07, 6.45) is 2.49. The molecule has 4 heteroatoms. The monoisotopic (exact) mass is 423 g/mol. The van der Waals surface area contributed by atoms with Crippen LogP contribution in [0, 0.1) is 0 Å². The normalized spacial score (nSPS) is 11.8. The van der Waals surface area contributed by atoms with Crippen molar-refractivity contribution in [2.75, 3.05) is 0 Å². The minimum absolute atomic E-state index is 0.0538. The first-order chi connectivity index (χ1) is 15.7. The van der Waals surface area contributed by atoms with Gasteiger partial charge in [-0.2, -0.15) is 5.10 Å². The first-order valence-corrected chi connectivity index (χ1v) is 11.3. The van der Waals surface area contributed by atoms with Crippen LogP contribution in [0.2, 0.25) is 0 Å². The van der Waals surface area contributed by atoms with Crippen molar-refractivity contribution in [2.24, 2.45) is 0 Å². The lowest BCUT2D eigenvalue weighted by molar-refractivity contribution is 0.0935. The molecule has 3 aromatic carbocycles. The van der Waals surface area contributed by atoms with Gasteiger partial charge < -0.3 is 5.32 Å². The van der Waals surface area contributed by atoms with Gasteiger partial charge in [-0.25, -0.2) is 4.68 Å². The van der Waals surface area contributed by atoms with E-state index in [0.717, 1.165) is 47.5 Å². The van der Waals surface area contributed by atoms with Gasteiger partial charge in [0.15, 0.2) is 0 Å². The second-order valence-corrected chi connectivity index (χ2v) is 7.88. The fourth-order valence-corrected chi connectivity index (χ4v) is 4.08. The van der Waals surface area contributed by atoms with Crippen molar-refractivity contribution in [1.82, 2.24) is 15.1 Å². The van der Waals surface area contributed by atoms with E-state index in [1.807, 2.05) is 83.5 Å². The molecule has 0 spiro atoms. The van der Waals surface area contributed by atoms with Gasteiger partial charge in [0.2, 0.25) is 0 Å². The fourth-order valence-electron chi connectivity index (χ4n) is 4.08. The van der Waals surface area contributed by atoms with Crippen molar-refractivity contribution < 1.29 is 4.79 Å². The fraction of sp³-hybridized carbons (Fsp3) is 0.214. The molecule has 4 nitrogen and oxygen atoms in total. The quantitative estimate of drug-likeness (QED) is 0.358. The average molecular weight is 424 g/mol. The van der Waals surface area contributed by atoms with E-state index in [2.05, 4.69) is 31.3 Å². The maximum atomic E-state index is 13.8. The largest absolute Gasteiger partial charge is 0.345 e. The number of carbonyl (C=O) groups is 1. The van der Waals surface area contributed by atoms with Crippen LogP contribution in [0.3, 0.4) is 0 Å². The lowest BCUT2D eigenvalue weighted by Gasteiger charge is -2.18. The van der Waals surface area contributed by atoms with Gasteiger partial charge in [-0.05, 0) is 30.5 Å². The highest BCUT2D eigenvalue weighted by Gasteiger charge is 2.26. The molecule has 0 saturated heterocycles. The number of hydrogen-bond donors (Lipinski definition) is 1. The Balaban J connectivity index is 1.83. The van der Waals surface area contributed by atoms with Gasteiger partial charge in [-0.15, -0.1) is 0 Å². The maximum Gasteiger partial charge on any atom is 0.255 e. The van der Waals surface area contributed by atoms with E-state index in [1.165, 1.54) is 0 Å². The molecule has 0 saturated carbocycles. The lowest BCUT2D eigenvalue weighted by Crippen LogP contribution is -2.29. The van der Waals surface area contributed by atoms with E-state index >= 15 is 0 Å². The van der Waals surface area contributed by atoms with Gasteiger partial charge in [0.05, 0.1) is 23.0 Å². The van der Waals surface area contributed by atoms with Crippen molar-refractivity contribution in [3.63, 3.8) is 0 Å². The van der Waals surface area contributed by atoms with E-state index in [-0.39, 0.29) is 11.9 Å². The van der Waals surface area contributed by atoms with E-state index < -0.39 is 0 Å². The summed E-state index contributed by atoms with van der Waals surface area (Å²) in [5.74, 6) is -0.0785. The number of carbonyl (C=O) groups excluding carboxylic acids is 1. The van der Waals surface area contributed by atoms with Crippen LogP contribution in [0.1, 0.15) is 54.3 Å². The zero-order chi connectivity index (χ0) is 22.3. The predicted octanol–water partition coefficient (Wildman–Crippen LogP) is 6.37. The van der Waals surface area contributed by atoms with Gasteiger partial charge in [-0.1, -0.05) is 99.1 Å². The number of nitrogens with zero attached hydrogens (tertiary/aromatic N) is 2. The molecule has 1 heterocycles. The van der Waals surface area contributed by atoms with Gasteiger partial charge in [0.1, 0.15) is 5.69 Å². The third kappa shape index (κ3) is 4.50. The van der Waals surface area contributed by atoms with Crippen molar-refractivity contribution >= 4 is 5.91 Å². The molecule has 0 aliphatic heterocycles. The van der Waals surface area contributed by atoms with Crippen LogP contribution in [0.5, 0.6) is 0 Å². The Morgan fingerprint density at radius 3 is 2.06 bits per heavy atom. The molecule has 4 aromatic rings. The van der Waals surface area contributed by atoms with Crippen molar-refractivity contribution in [2.45, 2.75) is 39.2 Å². The van der Waals surface area contributed by atoms with Gasteiger partial charge >= 0.3 is 0 Å². The molecular formula is C28H29N3O. The molecule has 0 aliphatic rings. The standard InChI is InChI=1S/C28H29N3O/c1-3-14-25-26(28(32)29-24(4-2)21-15-8-5-9-16-21)27(22-17-10-6-11-18-22)30-31(25)23-19-12-7-13-20-23/h5-13,15-20,24H,3-4,14H2,1-2H3,(H,29,32). The number of amides is 1. The van der Waals surface area contributed by atoms with Crippen LogP contribution in [-0.4, -0.2) is 15.7 Å². The highest BCUT2D eigenvalue weighted by molar-refractivity contribution is 6.01. The molecule has 0 radical (unpaired) electrons. The third-order valence-corrected chi connectivity index (χ3v) is 5.66. The zero-order valence-electron chi connectivity index (χ0n) is 18.7. The second kappa shape index (κ2) is 10.1. The Morgan fingerprint density at radius 2 is 1.47 bits per heavy atom. The minimum Gasteiger partial charge on any atom is -0.345 e. The molecule has 0 fully saturated rings. The highest BCUT2D eigenvalue weighted by Crippen LogP contribution is 2.29. The lowest BCUT2D eigenvalue weighted by atomic mass is 10.0. The number of para-hydroxylation sites is 1. The number of nitrogens with one attached hydrogen (secondary N) is 1. The maximum absolute atomic E-state index is 13.8. The van der Waals surface area contributed by atoms with Crippen LogP contribution in [0.25, 0.3) is 16.9 Å². The van der Waals surface area contributed by atoms with Crippen molar-refractivity contribution in [3.8, 4) is 16.9 Å². The molecule has 1 aromatic heterocycles. The number of hydrogen-bond acceptors (Lipinski definition) is 2. The SMILES string of the molecule is CCCc1c(C(=O)NC(CC)c2ccccc2)c(-c2ccccc2)nn1-c1ccccc1. The van der Waals surface area contributed by atoms with E-state index in [4.69, 9.17) is 5.10 Å². The van der Waals surface area contributed by atoms with E-state index in [9.17, 15) is 4.79 Å². The van der Waals surface area contributed by atoms with E-state index in [1.54, 1.807) is 0 Å². The van der Waals surface area contributed by atoms with Crippen LogP contribution < -0.4 is 5.32 Å². The molecule has 1 atom stereocenters. The number of benzene rings is 3. The van der Waals surface area contributed by atoms with Crippen LogP contribution >= 0.6 is 0 Å². The van der Waals surface area contributed by atoms with Crippen molar-refractivity contribution in [3.05, 3.63) is 108 Å². The summed E-state index contributed by atoms with van der Waals surface area (Å²) in [6.45, 7) is 4.22. The molecule has 32 heavy (non-hydrogen) atoms. The number of aromatic nitrogens is 2. The summed E-state index contributed by atoms with van der Waals surface area (Å²) < 4.78 is 1.93. The molecule has 0 aliphatic carbocycles. The third-order valence-electron chi connectivity index (χ3n) is 5.66. The molecule has 162 valence electrons. The smallest absolute Gasteiger partial charge is 0.255 e. The summed E-state index contributed by atoms with van der Waals surface area (Å²) in [4.78, 5) is 13.8. The minimum atomic E-state index is -0.0785. The van der Waals surface area contributed by atoms with Gasteiger partial charge in [0, 0.05) is 5.56 Å². The Bertz CT molecular complexity index is 1150. The summed E-state index contributed by atoms with van der Waals surface area (Å²) in [7, 11) is 0. The Hall–Kier alpha value is -3.66. The molecule has 1 unspecified atom stereocenters. The Labute approximate surface area is 189 Å². The topological polar surface area (TPSA) is 46.9 Å². The first kappa shape index (κ1) is 21.6. The van der Waals surface area contributed by atoms with Crippen LogP contribution in [0.4, 0.5) is 0 Å². The van der Waals surface area contributed by atoms with Gasteiger partial charge in [0.25, 0.3) is 5.91 Å². The van der Waals surface area contributed by atoms with Crippen molar-refractivity contribution in [1.29, 1.82) is 0 Å². The summed E-state index contributed by atoms with van der Waals surface area (Å²) in [6, 6.07) is 30.1. The van der Waals surface area contributed by atoms with E-state index in [0.29, 0.717) is 5.56 Å². The highest BCUT2D eigenvalue weighted by atomic mass is 16.1. The summed E-state index contributed by atoms with van der Waals surface area (Å²) in [5, 5.41) is 8.23. The second-order valence-electron chi connectivity index (χ2n) is 7.88. The molecule has 1 amide bonds. The first-order valence-electron chi connectivity index (χ1n) is 11.3. The number of rotatable bonds is 8. The molecule has 0 bridgehead atoms. The Kier molecular flexibility index (Phi) is 6.81. The van der Waals surface area contributed by atoms with Crippen LogP contribution in [-0.2, 0) is 6.42 Å². The molecule has 1 N–H and O–H groups in total. The van der Waals surface area contributed by atoms with Crippen LogP contribution in [0.15, 0.2) is 91.0 Å². The Morgan fingerprint density at radius 1 is 0.875 bits per heavy atom. The van der Waals surface area contributed by atoms with Gasteiger partial charge in [-0.3, -0.25) is 4.79 Å². The summed E-state index contributed by atoms with van der Waals surface area (Å²) in [5.41, 5.74) is 5.34. The summed E-state index contributed by atoms with van der Waals surface area (Å²) >= 11 is 0.